The monoisotopic (exact) mass is 261 g/mol. The maximum Gasteiger partial charge on any atom is 0.307 e. The van der Waals surface area contributed by atoms with Gasteiger partial charge < -0.3 is 19.9 Å². The van der Waals surface area contributed by atoms with Gasteiger partial charge in [0.1, 0.15) is 6.61 Å². The van der Waals surface area contributed by atoms with Crippen LogP contribution < -0.4 is 5.73 Å². The molecule has 1 atom stereocenters. The van der Waals surface area contributed by atoms with Crippen LogP contribution in [0.25, 0.3) is 0 Å². The standard InChI is InChI=1S/C13H27NO4/c1-13(2,3)10-11(14)9-12(15)18-8-7-17-6-5-16-4/h11H,5-10,14H2,1-4H3. The Balaban J connectivity index is 3.53. The lowest BCUT2D eigenvalue weighted by molar-refractivity contribution is -0.145. The molecular formula is C13H27NO4. The summed E-state index contributed by atoms with van der Waals surface area (Å²) in [5.74, 6) is -0.262. The van der Waals surface area contributed by atoms with E-state index in [4.69, 9.17) is 19.9 Å². The molecule has 0 bridgehead atoms. The Morgan fingerprint density at radius 3 is 2.33 bits per heavy atom. The summed E-state index contributed by atoms with van der Waals surface area (Å²) < 4.78 is 15.0. The molecule has 5 nitrogen and oxygen atoms in total. The van der Waals surface area contributed by atoms with Crippen LogP contribution in [0.4, 0.5) is 0 Å². The number of esters is 1. The van der Waals surface area contributed by atoms with E-state index in [-0.39, 0.29) is 30.5 Å². The molecule has 0 aliphatic rings. The summed E-state index contributed by atoms with van der Waals surface area (Å²) in [6.45, 7) is 8.02. The molecule has 0 fully saturated rings. The molecule has 0 radical (unpaired) electrons. The maximum atomic E-state index is 11.4. The third kappa shape index (κ3) is 11.8. The third-order valence-corrected chi connectivity index (χ3v) is 2.23. The summed E-state index contributed by atoms with van der Waals surface area (Å²) in [5, 5.41) is 0. The lowest BCUT2D eigenvalue weighted by Gasteiger charge is -2.22. The van der Waals surface area contributed by atoms with Crippen molar-refractivity contribution in [2.75, 3.05) is 33.5 Å². The SMILES string of the molecule is COCCOCCOC(=O)CC(N)CC(C)(C)C. The van der Waals surface area contributed by atoms with Crippen LogP contribution in [0.1, 0.15) is 33.6 Å². The van der Waals surface area contributed by atoms with Crippen LogP contribution in [0.3, 0.4) is 0 Å². The van der Waals surface area contributed by atoms with Gasteiger partial charge in [-0.25, -0.2) is 0 Å². The normalized spacial score (nSPS) is 13.4. The molecule has 0 saturated heterocycles. The first-order valence-corrected chi connectivity index (χ1v) is 6.33. The molecule has 0 heterocycles. The van der Waals surface area contributed by atoms with E-state index in [9.17, 15) is 4.79 Å². The highest BCUT2D eigenvalue weighted by atomic mass is 16.6. The van der Waals surface area contributed by atoms with Crippen molar-refractivity contribution in [2.24, 2.45) is 11.1 Å². The first-order valence-electron chi connectivity index (χ1n) is 6.33. The zero-order chi connectivity index (χ0) is 14.0. The fourth-order valence-electron chi connectivity index (χ4n) is 1.59. The smallest absolute Gasteiger partial charge is 0.307 e. The predicted molar refractivity (Wildman–Crippen MR) is 70.3 cm³/mol. The van der Waals surface area contributed by atoms with E-state index in [1.807, 2.05) is 0 Å². The van der Waals surface area contributed by atoms with Crippen molar-refractivity contribution in [1.82, 2.24) is 0 Å². The van der Waals surface area contributed by atoms with E-state index >= 15 is 0 Å². The third-order valence-electron chi connectivity index (χ3n) is 2.23. The van der Waals surface area contributed by atoms with Crippen LogP contribution in [0, 0.1) is 5.41 Å². The average molecular weight is 261 g/mol. The number of hydrogen-bond donors (Lipinski definition) is 1. The number of hydrogen-bond acceptors (Lipinski definition) is 5. The minimum absolute atomic E-state index is 0.128. The lowest BCUT2D eigenvalue weighted by Crippen LogP contribution is -2.30. The van der Waals surface area contributed by atoms with Gasteiger partial charge in [0, 0.05) is 13.2 Å². The molecule has 5 heteroatoms. The summed E-state index contributed by atoms with van der Waals surface area (Å²) >= 11 is 0. The van der Waals surface area contributed by atoms with Gasteiger partial charge in [0.25, 0.3) is 0 Å². The largest absolute Gasteiger partial charge is 0.463 e. The predicted octanol–water partition coefficient (Wildman–Crippen LogP) is 1.35. The number of methoxy groups -OCH3 is 1. The van der Waals surface area contributed by atoms with E-state index in [1.165, 1.54) is 0 Å². The van der Waals surface area contributed by atoms with E-state index in [0.29, 0.717) is 19.8 Å². The zero-order valence-electron chi connectivity index (χ0n) is 12.0. The van der Waals surface area contributed by atoms with Gasteiger partial charge in [-0.2, -0.15) is 0 Å². The lowest BCUT2D eigenvalue weighted by atomic mass is 9.87. The Morgan fingerprint density at radius 1 is 1.17 bits per heavy atom. The molecule has 0 aliphatic carbocycles. The van der Waals surface area contributed by atoms with E-state index < -0.39 is 0 Å². The van der Waals surface area contributed by atoms with E-state index in [0.717, 1.165) is 6.42 Å². The fourth-order valence-corrected chi connectivity index (χ4v) is 1.59. The second-order valence-corrected chi connectivity index (χ2v) is 5.55. The zero-order valence-corrected chi connectivity index (χ0v) is 12.0. The summed E-state index contributed by atoms with van der Waals surface area (Å²) in [4.78, 5) is 11.4. The number of rotatable bonds is 9. The molecule has 1 unspecified atom stereocenters. The molecule has 0 saturated carbocycles. The van der Waals surface area contributed by atoms with Crippen LogP contribution in [0.5, 0.6) is 0 Å². The van der Waals surface area contributed by atoms with Gasteiger partial charge in [0.15, 0.2) is 0 Å². The quantitative estimate of drug-likeness (QED) is 0.501. The Labute approximate surface area is 110 Å². The maximum absolute atomic E-state index is 11.4. The van der Waals surface area contributed by atoms with Crippen molar-refractivity contribution >= 4 is 5.97 Å². The molecule has 18 heavy (non-hydrogen) atoms. The van der Waals surface area contributed by atoms with Crippen molar-refractivity contribution in [3.05, 3.63) is 0 Å². The first kappa shape index (κ1) is 17.4. The highest BCUT2D eigenvalue weighted by Crippen LogP contribution is 2.21. The van der Waals surface area contributed by atoms with Crippen molar-refractivity contribution in [2.45, 2.75) is 39.7 Å². The minimum Gasteiger partial charge on any atom is -0.463 e. The number of carbonyl (C=O) groups is 1. The van der Waals surface area contributed by atoms with E-state index in [1.54, 1.807) is 7.11 Å². The van der Waals surface area contributed by atoms with Crippen molar-refractivity contribution in [3.8, 4) is 0 Å². The minimum atomic E-state index is -0.262. The average Bonchev–Trinajstić information content (AvgIpc) is 2.20. The molecule has 2 N–H and O–H groups in total. The van der Waals surface area contributed by atoms with Crippen LogP contribution in [0.2, 0.25) is 0 Å². The van der Waals surface area contributed by atoms with Crippen LogP contribution in [0.15, 0.2) is 0 Å². The highest BCUT2D eigenvalue weighted by Gasteiger charge is 2.18. The number of carbonyl (C=O) groups excluding carboxylic acids is 1. The number of nitrogens with two attached hydrogens (primary N) is 1. The first-order chi connectivity index (χ1) is 8.35. The summed E-state index contributed by atoms with van der Waals surface area (Å²) in [6, 6.07) is -0.146. The molecular weight excluding hydrogens is 234 g/mol. The molecule has 0 aromatic rings. The fraction of sp³-hybridized carbons (Fsp3) is 0.923. The molecule has 0 aromatic carbocycles. The van der Waals surface area contributed by atoms with Crippen molar-refractivity contribution in [3.63, 3.8) is 0 Å². The molecule has 0 amide bonds. The van der Waals surface area contributed by atoms with Gasteiger partial charge in [0.05, 0.1) is 26.2 Å². The van der Waals surface area contributed by atoms with Crippen LogP contribution in [-0.4, -0.2) is 45.5 Å². The topological polar surface area (TPSA) is 70.8 Å². The van der Waals surface area contributed by atoms with E-state index in [2.05, 4.69) is 20.8 Å². The van der Waals surface area contributed by atoms with Gasteiger partial charge in [0.2, 0.25) is 0 Å². The molecule has 0 spiro atoms. The Bertz CT molecular complexity index is 226. The number of ether oxygens (including phenoxy) is 3. The van der Waals surface area contributed by atoms with Crippen LogP contribution >= 0.6 is 0 Å². The summed E-state index contributed by atoms with van der Waals surface area (Å²) in [6.07, 6.45) is 1.06. The van der Waals surface area contributed by atoms with Gasteiger partial charge in [-0.3, -0.25) is 4.79 Å². The van der Waals surface area contributed by atoms with Gasteiger partial charge in [-0.05, 0) is 11.8 Å². The van der Waals surface area contributed by atoms with Crippen molar-refractivity contribution < 1.29 is 19.0 Å². The Kier molecular flexibility index (Phi) is 8.97. The van der Waals surface area contributed by atoms with Gasteiger partial charge in [-0.1, -0.05) is 20.8 Å². The molecule has 108 valence electrons. The molecule has 0 aromatic heterocycles. The summed E-state index contributed by atoms with van der Waals surface area (Å²) in [7, 11) is 1.61. The summed E-state index contributed by atoms with van der Waals surface area (Å²) in [5.41, 5.74) is 6.01. The van der Waals surface area contributed by atoms with Gasteiger partial charge in [-0.15, -0.1) is 0 Å². The Morgan fingerprint density at radius 2 is 1.78 bits per heavy atom. The van der Waals surface area contributed by atoms with Crippen molar-refractivity contribution in [1.29, 1.82) is 0 Å². The second kappa shape index (κ2) is 9.30. The second-order valence-electron chi connectivity index (χ2n) is 5.55. The highest BCUT2D eigenvalue weighted by molar-refractivity contribution is 5.70. The Hall–Kier alpha value is -0.650. The van der Waals surface area contributed by atoms with Gasteiger partial charge >= 0.3 is 5.97 Å². The molecule has 0 rings (SSSR count). The van der Waals surface area contributed by atoms with Crippen LogP contribution in [-0.2, 0) is 19.0 Å². The molecule has 0 aliphatic heterocycles.